The highest BCUT2D eigenvalue weighted by Gasteiger charge is 2.36. The lowest BCUT2D eigenvalue weighted by atomic mass is 9.78. The maximum atomic E-state index is 12.4. The molecule has 0 radical (unpaired) electrons. The van der Waals surface area contributed by atoms with Crippen LogP contribution in [0.3, 0.4) is 0 Å². The van der Waals surface area contributed by atoms with E-state index in [2.05, 4.69) is 25.2 Å². The van der Waals surface area contributed by atoms with E-state index in [1.807, 2.05) is 11.4 Å². The van der Waals surface area contributed by atoms with Gasteiger partial charge in [0.1, 0.15) is 0 Å². The van der Waals surface area contributed by atoms with Crippen molar-refractivity contribution in [3.8, 4) is 0 Å². The average molecular weight is 309 g/mol. The fraction of sp³-hybridized carbons (Fsp3) is 0.625. The van der Waals surface area contributed by atoms with Crippen molar-refractivity contribution in [2.45, 2.75) is 44.9 Å². The molecule has 2 unspecified atom stereocenters. The number of hydrogen-bond donors (Lipinski definition) is 2. The van der Waals surface area contributed by atoms with Crippen molar-refractivity contribution in [2.24, 2.45) is 11.8 Å². The number of hydrogen-bond acceptors (Lipinski definition) is 3. The van der Waals surface area contributed by atoms with Crippen LogP contribution in [0.25, 0.3) is 0 Å². The predicted molar refractivity (Wildman–Crippen MR) is 83.4 cm³/mol. The van der Waals surface area contributed by atoms with Gasteiger partial charge >= 0.3 is 5.97 Å². The van der Waals surface area contributed by atoms with Crippen LogP contribution in [-0.4, -0.2) is 23.5 Å². The molecular formula is C16H23NO3S. The van der Waals surface area contributed by atoms with Crippen LogP contribution in [0.1, 0.15) is 44.4 Å². The topological polar surface area (TPSA) is 66.4 Å². The van der Waals surface area contributed by atoms with Crippen LogP contribution in [0.4, 0.5) is 0 Å². The van der Waals surface area contributed by atoms with Crippen molar-refractivity contribution in [3.63, 3.8) is 0 Å². The van der Waals surface area contributed by atoms with Gasteiger partial charge < -0.3 is 10.4 Å². The molecule has 2 atom stereocenters. The molecule has 1 fully saturated rings. The van der Waals surface area contributed by atoms with Gasteiger partial charge in [-0.25, -0.2) is 0 Å². The molecule has 2 N–H and O–H groups in total. The number of amides is 1. The van der Waals surface area contributed by atoms with Gasteiger partial charge in [0.2, 0.25) is 5.91 Å². The lowest BCUT2D eigenvalue weighted by Crippen LogP contribution is -2.43. The summed E-state index contributed by atoms with van der Waals surface area (Å²) in [4.78, 5) is 24.9. The summed E-state index contributed by atoms with van der Waals surface area (Å²) in [6.45, 7) is 4.72. The number of aliphatic carboxylic acids is 1. The molecule has 0 spiro atoms. The van der Waals surface area contributed by atoms with Crippen LogP contribution in [-0.2, 0) is 15.0 Å². The highest BCUT2D eigenvalue weighted by atomic mass is 32.1. The van der Waals surface area contributed by atoms with Gasteiger partial charge in [-0.15, -0.1) is 11.3 Å². The molecule has 1 saturated carbocycles. The largest absolute Gasteiger partial charge is 0.481 e. The molecule has 5 heteroatoms. The molecule has 1 aromatic rings. The van der Waals surface area contributed by atoms with Crippen molar-refractivity contribution in [1.29, 1.82) is 0 Å². The zero-order valence-corrected chi connectivity index (χ0v) is 13.4. The lowest BCUT2D eigenvalue weighted by molar-refractivity contribution is -0.148. The molecule has 1 aliphatic carbocycles. The Hall–Kier alpha value is -1.36. The van der Waals surface area contributed by atoms with Crippen molar-refractivity contribution < 1.29 is 14.7 Å². The van der Waals surface area contributed by atoms with E-state index in [0.29, 0.717) is 19.4 Å². The molecule has 116 valence electrons. The average Bonchev–Trinajstić information content (AvgIpc) is 3.00. The van der Waals surface area contributed by atoms with Crippen molar-refractivity contribution in [2.75, 3.05) is 6.54 Å². The first-order valence-electron chi connectivity index (χ1n) is 7.46. The van der Waals surface area contributed by atoms with Crippen LogP contribution in [0.15, 0.2) is 17.5 Å². The van der Waals surface area contributed by atoms with E-state index in [4.69, 9.17) is 0 Å². The Bertz CT molecular complexity index is 496. The minimum atomic E-state index is -0.840. The van der Waals surface area contributed by atoms with Gasteiger partial charge in [-0.1, -0.05) is 32.8 Å². The first-order valence-corrected chi connectivity index (χ1v) is 8.34. The van der Waals surface area contributed by atoms with E-state index in [-0.39, 0.29) is 17.2 Å². The second-order valence-electron chi connectivity index (χ2n) is 6.41. The smallest absolute Gasteiger partial charge is 0.307 e. The number of carbonyl (C=O) groups excluding carboxylic acids is 1. The molecule has 1 heterocycles. The minimum absolute atomic E-state index is 0.105. The van der Waals surface area contributed by atoms with Gasteiger partial charge in [-0.3, -0.25) is 9.59 Å². The Morgan fingerprint density at radius 3 is 2.57 bits per heavy atom. The number of carboxylic acid groups (broad SMARTS) is 1. The molecule has 4 nitrogen and oxygen atoms in total. The monoisotopic (exact) mass is 309 g/mol. The summed E-state index contributed by atoms with van der Waals surface area (Å²) in [6.07, 6.45) is 3.14. The lowest BCUT2D eigenvalue weighted by Gasteiger charge is -2.30. The van der Waals surface area contributed by atoms with E-state index >= 15 is 0 Å². The Morgan fingerprint density at radius 2 is 2.00 bits per heavy atom. The molecule has 21 heavy (non-hydrogen) atoms. The molecule has 0 bridgehead atoms. The number of carbonyl (C=O) groups is 2. The summed E-state index contributed by atoms with van der Waals surface area (Å²) in [7, 11) is 0. The summed E-state index contributed by atoms with van der Waals surface area (Å²) in [6, 6.07) is 4.07. The normalized spacial score (nSPS) is 22.8. The van der Waals surface area contributed by atoms with Crippen LogP contribution in [0.2, 0.25) is 0 Å². The van der Waals surface area contributed by atoms with E-state index in [1.165, 1.54) is 4.88 Å². The molecular weight excluding hydrogens is 286 g/mol. The van der Waals surface area contributed by atoms with Crippen LogP contribution in [0.5, 0.6) is 0 Å². The maximum Gasteiger partial charge on any atom is 0.307 e. The maximum absolute atomic E-state index is 12.4. The fourth-order valence-electron chi connectivity index (χ4n) is 2.93. The van der Waals surface area contributed by atoms with Crippen molar-refractivity contribution in [1.82, 2.24) is 5.32 Å². The van der Waals surface area contributed by atoms with Gasteiger partial charge in [0.05, 0.1) is 11.8 Å². The van der Waals surface area contributed by atoms with Crippen molar-refractivity contribution in [3.05, 3.63) is 22.4 Å². The summed E-state index contributed by atoms with van der Waals surface area (Å²) < 4.78 is 0. The van der Waals surface area contributed by atoms with Gasteiger partial charge in [0.15, 0.2) is 0 Å². The van der Waals surface area contributed by atoms with Crippen LogP contribution in [0, 0.1) is 11.8 Å². The Kier molecular flexibility index (Phi) is 5.04. The third kappa shape index (κ3) is 3.84. The highest BCUT2D eigenvalue weighted by molar-refractivity contribution is 7.10. The molecule has 0 saturated heterocycles. The quantitative estimate of drug-likeness (QED) is 0.878. The molecule has 0 aliphatic heterocycles. The molecule has 1 amide bonds. The minimum Gasteiger partial charge on any atom is -0.481 e. The molecule has 2 rings (SSSR count). The second kappa shape index (κ2) is 6.60. The fourth-order valence-corrected chi connectivity index (χ4v) is 3.78. The third-order valence-corrected chi connectivity index (χ3v) is 5.55. The number of nitrogens with one attached hydrogen (secondary N) is 1. The predicted octanol–water partition coefficient (Wildman–Crippen LogP) is 3.03. The number of rotatable bonds is 5. The van der Waals surface area contributed by atoms with Crippen LogP contribution < -0.4 is 5.32 Å². The summed E-state index contributed by atoms with van der Waals surface area (Å²) in [5.41, 5.74) is -0.128. The van der Waals surface area contributed by atoms with Gasteiger partial charge in [-0.05, 0) is 24.3 Å². The van der Waals surface area contributed by atoms with Gasteiger partial charge in [0.25, 0.3) is 0 Å². The molecule has 0 aromatic carbocycles. The second-order valence-corrected chi connectivity index (χ2v) is 7.36. The summed E-state index contributed by atoms with van der Waals surface area (Å²) in [5, 5.41) is 14.3. The molecule has 1 aliphatic rings. The first kappa shape index (κ1) is 16.0. The van der Waals surface area contributed by atoms with E-state index in [9.17, 15) is 14.7 Å². The summed E-state index contributed by atoms with van der Waals surface area (Å²) in [5.74, 6) is -1.85. The number of thiophene rings is 1. The zero-order chi connectivity index (χ0) is 15.5. The summed E-state index contributed by atoms with van der Waals surface area (Å²) >= 11 is 1.68. The number of carboxylic acids is 1. The third-order valence-electron chi connectivity index (χ3n) is 4.31. The van der Waals surface area contributed by atoms with E-state index in [0.717, 1.165) is 12.8 Å². The Balaban J connectivity index is 1.96. The van der Waals surface area contributed by atoms with Gasteiger partial charge in [-0.2, -0.15) is 0 Å². The van der Waals surface area contributed by atoms with E-state index in [1.54, 1.807) is 11.3 Å². The highest BCUT2D eigenvalue weighted by Crippen LogP contribution is 2.31. The molecule has 1 aromatic heterocycles. The van der Waals surface area contributed by atoms with E-state index < -0.39 is 11.9 Å². The Labute approximate surface area is 129 Å². The standard InChI is InChI=1S/C16H23NO3S/c1-16(2,13-8-5-9-21-13)10-17-14(18)11-6-3-4-7-12(11)15(19)20/h5,8-9,11-12H,3-4,6-7,10H2,1-2H3,(H,17,18)(H,19,20). The Morgan fingerprint density at radius 1 is 1.33 bits per heavy atom. The van der Waals surface area contributed by atoms with Gasteiger partial charge in [0, 0.05) is 16.8 Å². The van der Waals surface area contributed by atoms with Crippen LogP contribution >= 0.6 is 11.3 Å². The SMILES string of the molecule is CC(C)(CNC(=O)C1CCCCC1C(=O)O)c1cccs1. The van der Waals surface area contributed by atoms with Crippen molar-refractivity contribution >= 4 is 23.2 Å². The first-order chi connectivity index (χ1) is 9.92. The zero-order valence-electron chi connectivity index (χ0n) is 12.6.